The summed E-state index contributed by atoms with van der Waals surface area (Å²) in [6, 6.07) is 41.8. The van der Waals surface area contributed by atoms with Gasteiger partial charge >= 0.3 is 0 Å². The van der Waals surface area contributed by atoms with E-state index in [1.54, 1.807) is 0 Å². The molecule has 0 atom stereocenters. The number of pyridine rings is 1. The van der Waals surface area contributed by atoms with Gasteiger partial charge in [0.1, 0.15) is 0 Å². The highest BCUT2D eigenvalue weighted by Gasteiger charge is 2.29. The Labute approximate surface area is 228 Å². The zero-order chi connectivity index (χ0) is 25.5. The second-order valence-electron chi connectivity index (χ2n) is 10.1. The first kappa shape index (κ1) is 21.1. The van der Waals surface area contributed by atoms with Crippen LogP contribution in [0, 0.1) is 0 Å². The quantitative estimate of drug-likeness (QED) is 0.228. The first-order valence-electron chi connectivity index (χ1n) is 13.1. The molecule has 5 aromatic carbocycles. The van der Waals surface area contributed by atoms with Crippen molar-refractivity contribution in [1.29, 1.82) is 0 Å². The lowest BCUT2D eigenvalue weighted by molar-refractivity contribution is 1.12. The molecule has 0 bridgehead atoms. The third-order valence-electron chi connectivity index (χ3n) is 8.00. The largest absolute Gasteiger partial charge is 0.306 e. The van der Waals surface area contributed by atoms with Crippen LogP contribution in [-0.2, 0) is 0 Å². The monoisotopic (exact) mass is 515 g/mol. The first-order valence-corrected chi connectivity index (χ1v) is 14.0. The van der Waals surface area contributed by atoms with Crippen molar-refractivity contribution in [2.45, 2.75) is 0 Å². The number of nitrogens with zero attached hydrogens (tertiary/aromatic N) is 3. The zero-order valence-electron chi connectivity index (χ0n) is 20.9. The Morgan fingerprint density at radius 3 is 2.13 bits per heavy atom. The highest BCUT2D eigenvalue weighted by molar-refractivity contribution is 7.26. The van der Waals surface area contributed by atoms with Gasteiger partial charge in [-0.05, 0) is 53.6 Å². The number of thiophene rings is 1. The van der Waals surface area contributed by atoms with Crippen molar-refractivity contribution < 1.29 is 0 Å². The summed E-state index contributed by atoms with van der Waals surface area (Å²) in [6.45, 7) is 0. The second-order valence-corrected chi connectivity index (χ2v) is 11.1. The average molecular weight is 516 g/mol. The SMILES string of the molecule is c1cncc(-c2ccc(N3c4ccccc4-n4c5c3cccc5c3ccc5c6ccccc6sc5c34)cc2)c1. The molecule has 0 saturated heterocycles. The topological polar surface area (TPSA) is 21.1 Å². The Hall–Kier alpha value is -4.93. The number of fused-ring (bicyclic) bond motifs is 9. The fourth-order valence-corrected chi connectivity index (χ4v) is 7.56. The van der Waals surface area contributed by atoms with Gasteiger partial charge < -0.3 is 9.47 Å². The summed E-state index contributed by atoms with van der Waals surface area (Å²) in [5.41, 5.74) is 9.58. The number of hydrogen-bond donors (Lipinski definition) is 0. The van der Waals surface area contributed by atoms with Gasteiger partial charge in [0.05, 0.1) is 32.8 Å². The van der Waals surface area contributed by atoms with Crippen LogP contribution in [0.15, 0.2) is 128 Å². The Balaban J connectivity index is 1.36. The molecular weight excluding hydrogens is 494 g/mol. The molecule has 0 fully saturated rings. The Morgan fingerprint density at radius 2 is 1.26 bits per heavy atom. The van der Waals surface area contributed by atoms with Gasteiger partial charge in [0, 0.05) is 44.3 Å². The molecule has 182 valence electrons. The van der Waals surface area contributed by atoms with Crippen molar-refractivity contribution in [1.82, 2.24) is 9.55 Å². The number of para-hydroxylation sites is 3. The summed E-state index contributed by atoms with van der Waals surface area (Å²) in [7, 11) is 0. The van der Waals surface area contributed by atoms with Crippen molar-refractivity contribution in [2.24, 2.45) is 0 Å². The predicted molar refractivity (Wildman–Crippen MR) is 165 cm³/mol. The normalized spacial score (nSPS) is 12.6. The van der Waals surface area contributed by atoms with E-state index in [2.05, 4.69) is 124 Å². The summed E-state index contributed by atoms with van der Waals surface area (Å²) >= 11 is 1.90. The summed E-state index contributed by atoms with van der Waals surface area (Å²) in [4.78, 5) is 6.71. The highest BCUT2D eigenvalue weighted by atomic mass is 32.1. The van der Waals surface area contributed by atoms with Gasteiger partial charge in [0.2, 0.25) is 0 Å². The van der Waals surface area contributed by atoms with Crippen LogP contribution in [0.3, 0.4) is 0 Å². The smallest absolute Gasteiger partial charge is 0.0783 e. The minimum absolute atomic E-state index is 1.12. The standard InChI is InChI=1S/C35H21N3S/c1-4-13-32-25(8-1)28-19-18-27-26-9-5-12-31-33(26)38(34(27)35(28)39-32)30-11-3-2-10-29(30)37(31)24-16-14-22(15-17-24)23-7-6-20-36-21-23/h1-21H. The van der Waals surface area contributed by atoms with E-state index in [1.165, 1.54) is 59.0 Å². The van der Waals surface area contributed by atoms with Crippen LogP contribution in [0.2, 0.25) is 0 Å². The molecule has 1 aliphatic heterocycles. The predicted octanol–water partition coefficient (Wildman–Crippen LogP) is 10.00. The van der Waals surface area contributed by atoms with Crippen molar-refractivity contribution in [3.63, 3.8) is 0 Å². The maximum absolute atomic E-state index is 4.30. The van der Waals surface area contributed by atoms with Crippen LogP contribution >= 0.6 is 11.3 Å². The maximum Gasteiger partial charge on any atom is 0.0783 e. The lowest BCUT2D eigenvalue weighted by atomic mass is 10.0. The van der Waals surface area contributed by atoms with Crippen LogP contribution in [-0.4, -0.2) is 9.55 Å². The van der Waals surface area contributed by atoms with Crippen LogP contribution in [0.4, 0.5) is 17.1 Å². The number of aromatic nitrogens is 2. The van der Waals surface area contributed by atoms with Crippen molar-refractivity contribution in [3.05, 3.63) is 128 Å². The Kier molecular flexibility index (Phi) is 4.21. The van der Waals surface area contributed by atoms with E-state index in [4.69, 9.17) is 0 Å². The molecule has 8 aromatic rings. The van der Waals surface area contributed by atoms with Gasteiger partial charge in [-0.1, -0.05) is 72.8 Å². The van der Waals surface area contributed by atoms with Crippen molar-refractivity contribution in [3.8, 4) is 16.8 Å². The van der Waals surface area contributed by atoms with E-state index < -0.39 is 0 Å². The number of benzene rings is 5. The van der Waals surface area contributed by atoms with E-state index in [9.17, 15) is 0 Å². The van der Waals surface area contributed by atoms with E-state index in [0.29, 0.717) is 0 Å². The first-order chi connectivity index (χ1) is 19.4. The molecule has 39 heavy (non-hydrogen) atoms. The second kappa shape index (κ2) is 7.79. The Bertz CT molecular complexity index is 2220. The molecule has 0 radical (unpaired) electrons. The van der Waals surface area contributed by atoms with E-state index >= 15 is 0 Å². The average Bonchev–Trinajstić information content (AvgIpc) is 3.55. The molecule has 0 unspecified atom stereocenters. The summed E-state index contributed by atoms with van der Waals surface area (Å²) in [6.07, 6.45) is 3.73. The third kappa shape index (κ3) is 2.84. The molecule has 4 heterocycles. The van der Waals surface area contributed by atoms with Gasteiger partial charge in [0.15, 0.2) is 0 Å². The molecule has 0 N–H and O–H groups in total. The van der Waals surface area contributed by atoms with Gasteiger partial charge in [0.25, 0.3) is 0 Å². The molecule has 3 nitrogen and oxygen atoms in total. The molecule has 0 spiro atoms. The molecule has 1 aliphatic rings. The molecule has 0 saturated carbocycles. The molecule has 3 aromatic heterocycles. The maximum atomic E-state index is 4.30. The van der Waals surface area contributed by atoms with Crippen molar-refractivity contribution in [2.75, 3.05) is 4.90 Å². The van der Waals surface area contributed by atoms with Gasteiger partial charge in [-0.2, -0.15) is 0 Å². The number of anilines is 3. The lowest BCUT2D eigenvalue weighted by Gasteiger charge is -2.33. The minimum atomic E-state index is 1.12. The molecule has 9 rings (SSSR count). The summed E-state index contributed by atoms with van der Waals surface area (Å²) < 4.78 is 5.19. The van der Waals surface area contributed by atoms with Gasteiger partial charge in [-0.15, -0.1) is 11.3 Å². The van der Waals surface area contributed by atoms with Crippen LogP contribution in [0.1, 0.15) is 0 Å². The molecular formula is C35H21N3S. The summed E-state index contributed by atoms with van der Waals surface area (Å²) in [5, 5.41) is 5.24. The van der Waals surface area contributed by atoms with Gasteiger partial charge in [-0.25, -0.2) is 0 Å². The van der Waals surface area contributed by atoms with E-state index in [0.717, 1.165) is 16.8 Å². The number of rotatable bonds is 2. The van der Waals surface area contributed by atoms with Crippen LogP contribution in [0.5, 0.6) is 0 Å². The third-order valence-corrected chi connectivity index (χ3v) is 9.19. The van der Waals surface area contributed by atoms with Crippen LogP contribution in [0.25, 0.3) is 58.8 Å². The fraction of sp³-hybridized carbons (Fsp3) is 0. The van der Waals surface area contributed by atoms with Gasteiger partial charge in [-0.3, -0.25) is 4.98 Å². The highest BCUT2D eigenvalue weighted by Crippen LogP contribution is 2.51. The molecule has 4 heteroatoms. The molecule has 0 aliphatic carbocycles. The lowest BCUT2D eigenvalue weighted by Crippen LogP contribution is -2.18. The summed E-state index contributed by atoms with van der Waals surface area (Å²) in [5.74, 6) is 0. The van der Waals surface area contributed by atoms with Crippen LogP contribution < -0.4 is 4.90 Å². The van der Waals surface area contributed by atoms with E-state index in [1.807, 2.05) is 29.8 Å². The van der Waals surface area contributed by atoms with Crippen molar-refractivity contribution >= 4 is 70.4 Å². The number of hydrogen-bond acceptors (Lipinski definition) is 3. The zero-order valence-corrected chi connectivity index (χ0v) is 21.7. The van der Waals surface area contributed by atoms with E-state index in [-0.39, 0.29) is 0 Å². The fourth-order valence-electron chi connectivity index (χ4n) is 6.32. The minimum Gasteiger partial charge on any atom is -0.306 e. The Morgan fingerprint density at radius 1 is 0.513 bits per heavy atom. The molecule has 0 amide bonds.